The van der Waals surface area contributed by atoms with Gasteiger partial charge in [0, 0.05) is 5.75 Å². The van der Waals surface area contributed by atoms with Crippen LogP contribution in [0.5, 0.6) is 0 Å². The monoisotopic (exact) mass is 420 g/mol. The number of allylic oxidation sites excluding steroid dienone is 2. The quantitative estimate of drug-likeness (QED) is 0.115. The molecule has 0 spiro atoms. The standard InChI is InChI=1S/C22H45O3PS/c1-3-5-7-8-9-10-11-12-13-14-15-16-17-18-19-20-21-25-26(23,24)27-22-6-4-2/h12-13H,3-11,14-22H2,1-2H3,(H,23,24)/b13-12-. The van der Waals surface area contributed by atoms with Gasteiger partial charge in [0.05, 0.1) is 6.61 Å². The Balaban J connectivity index is 3.26. The highest BCUT2D eigenvalue weighted by Crippen LogP contribution is 2.55. The average molecular weight is 421 g/mol. The van der Waals surface area contributed by atoms with Gasteiger partial charge in [0.15, 0.2) is 0 Å². The fourth-order valence-corrected chi connectivity index (χ4v) is 5.50. The summed E-state index contributed by atoms with van der Waals surface area (Å²) in [5.41, 5.74) is 0. The van der Waals surface area contributed by atoms with Crippen LogP contribution in [0, 0.1) is 0 Å². The van der Waals surface area contributed by atoms with Gasteiger partial charge in [0.2, 0.25) is 0 Å². The van der Waals surface area contributed by atoms with Gasteiger partial charge in [-0.25, -0.2) is 4.57 Å². The van der Waals surface area contributed by atoms with Crippen LogP contribution in [-0.4, -0.2) is 17.3 Å². The molecule has 5 heteroatoms. The zero-order chi connectivity index (χ0) is 20.1. The molecule has 0 aromatic rings. The van der Waals surface area contributed by atoms with Crippen LogP contribution in [0.3, 0.4) is 0 Å². The van der Waals surface area contributed by atoms with Crippen LogP contribution in [0.15, 0.2) is 12.2 Å². The Hall–Kier alpha value is 0.240. The third-order valence-electron chi connectivity index (χ3n) is 4.66. The second-order valence-electron chi connectivity index (χ2n) is 7.43. The molecule has 0 amide bonds. The summed E-state index contributed by atoms with van der Waals surface area (Å²) < 4.78 is 16.9. The molecule has 0 aliphatic rings. The second kappa shape index (κ2) is 21.0. The van der Waals surface area contributed by atoms with E-state index in [2.05, 4.69) is 26.0 Å². The van der Waals surface area contributed by atoms with Crippen LogP contribution >= 0.6 is 18.2 Å². The van der Waals surface area contributed by atoms with Gasteiger partial charge in [-0.3, -0.25) is 0 Å². The van der Waals surface area contributed by atoms with E-state index in [1.165, 1.54) is 77.0 Å². The average Bonchev–Trinajstić information content (AvgIpc) is 2.64. The van der Waals surface area contributed by atoms with E-state index in [-0.39, 0.29) is 0 Å². The molecule has 0 aromatic heterocycles. The molecule has 27 heavy (non-hydrogen) atoms. The first-order valence-corrected chi connectivity index (χ1v) is 14.6. The third-order valence-corrected chi connectivity index (χ3v) is 7.81. The lowest BCUT2D eigenvalue weighted by atomic mass is 10.1. The van der Waals surface area contributed by atoms with Crippen LogP contribution in [0.2, 0.25) is 0 Å². The van der Waals surface area contributed by atoms with Gasteiger partial charge in [0.1, 0.15) is 0 Å². The topological polar surface area (TPSA) is 46.5 Å². The molecule has 0 aliphatic heterocycles. The molecule has 1 N–H and O–H groups in total. The van der Waals surface area contributed by atoms with Crippen LogP contribution in [0.1, 0.15) is 117 Å². The first-order valence-electron chi connectivity index (χ1n) is 11.4. The number of unbranched alkanes of at least 4 members (excludes halogenated alkanes) is 13. The van der Waals surface area contributed by atoms with E-state index in [1.807, 2.05) is 0 Å². The minimum absolute atomic E-state index is 0.411. The molecule has 0 radical (unpaired) electrons. The maximum absolute atomic E-state index is 11.7. The van der Waals surface area contributed by atoms with Crippen molar-refractivity contribution in [3.05, 3.63) is 12.2 Å². The van der Waals surface area contributed by atoms with E-state index < -0.39 is 6.80 Å². The summed E-state index contributed by atoms with van der Waals surface area (Å²) in [5, 5.41) is 0. The van der Waals surface area contributed by atoms with E-state index >= 15 is 0 Å². The van der Waals surface area contributed by atoms with E-state index in [1.54, 1.807) is 0 Å². The van der Waals surface area contributed by atoms with Gasteiger partial charge in [-0.15, -0.1) is 0 Å². The van der Waals surface area contributed by atoms with E-state index in [9.17, 15) is 9.46 Å². The highest BCUT2D eigenvalue weighted by Gasteiger charge is 2.18. The molecule has 0 rings (SSSR count). The number of hydrogen-bond acceptors (Lipinski definition) is 3. The lowest BCUT2D eigenvalue weighted by molar-refractivity contribution is 0.268. The molecule has 1 unspecified atom stereocenters. The summed E-state index contributed by atoms with van der Waals surface area (Å²) in [4.78, 5) is 9.66. The molecule has 0 bridgehead atoms. The van der Waals surface area contributed by atoms with E-state index in [4.69, 9.17) is 4.52 Å². The minimum Gasteiger partial charge on any atom is -0.316 e. The Bertz CT molecular complexity index is 375. The summed E-state index contributed by atoms with van der Waals surface area (Å²) in [7, 11) is 0. The summed E-state index contributed by atoms with van der Waals surface area (Å²) in [5.74, 6) is 0.706. The molecule has 3 nitrogen and oxygen atoms in total. The smallest absolute Gasteiger partial charge is 0.316 e. The summed E-state index contributed by atoms with van der Waals surface area (Å²) in [6.45, 7) is 1.35. The predicted molar refractivity (Wildman–Crippen MR) is 123 cm³/mol. The Morgan fingerprint density at radius 2 is 1.22 bits per heavy atom. The number of hydrogen-bond donors (Lipinski definition) is 1. The summed E-state index contributed by atoms with van der Waals surface area (Å²) in [6, 6.07) is 0. The summed E-state index contributed by atoms with van der Waals surface area (Å²) in [6.07, 6.45) is 24.4. The van der Waals surface area contributed by atoms with Crippen molar-refractivity contribution in [3.63, 3.8) is 0 Å². The van der Waals surface area contributed by atoms with Crippen molar-refractivity contribution in [2.45, 2.75) is 117 Å². The van der Waals surface area contributed by atoms with Gasteiger partial charge < -0.3 is 9.42 Å². The van der Waals surface area contributed by atoms with E-state index in [0.717, 1.165) is 37.1 Å². The zero-order valence-electron chi connectivity index (χ0n) is 18.0. The fraction of sp³-hybridized carbons (Fsp3) is 0.909. The minimum atomic E-state index is -3.40. The Morgan fingerprint density at radius 3 is 1.78 bits per heavy atom. The van der Waals surface area contributed by atoms with Gasteiger partial charge in [-0.1, -0.05) is 90.2 Å². The van der Waals surface area contributed by atoms with Gasteiger partial charge in [-0.2, -0.15) is 0 Å². The van der Waals surface area contributed by atoms with Crippen molar-refractivity contribution in [1.29, 1.82) is 0 Å². The molecule has 0 fully saturated rings. The summed E-state index contributed by atoms with van der Waals surface area (Å²) >= 11 is 1.07. The maximum atomic E-state index is 11.7. The molecular formula is C22H45O3PS. The highest BCUT2D eigenvalue weighted by molar-refractivity contribution is 8.54. The molecule has 0 aliphatic carbocycles. The lowest BCUT2D eigenvalue weighted by Crippen LogP contribution is -1.92. The molecule has 1 atom stereocenters. The second-order valence-corrected chi connectivity index (χ2v) is 11.4. The number of rotatable bonds is 21. The SMILES string of the molecule is CCCCCCCC/C=C\CCCCCCCCOP(=O)(O)SCCCC. The first-order chi connectivity index (χ1) is 13.1. The molecule has 0 saturated carbocycles. The van der Waals surface area contributed by atoms with Gasteiger partial charge in [-0.05, 0) is 49.9 Å². The Labute approximate surface area is 173 Å². The van der Waals surface area contributed by atoms with Crippen LogP contribution in [0.4, 0.5) is 0 Å². The van der Waals surface area contributed by atoms with Crippen molar-refractivity contribution in [2.75, 3.05) is 12.4 Å². The highest BCUT2D eigenvalue weighted by atomic mass is 32.7. The largest absolute Gasteiger partial charge is 0.386 e. The lowest BCUT2D eigenvalue weighted by Gasteiger charge is -2.10. The fourth-order valence-electron chi connectivity index (χ4n) is 2.89. The van der Waals surface area contributed by atoms with Crippen LogP contribution in [-0.2, 0) is 9.09 Å². The predicted octanol–water partition coefficient (Wildman–Crippen LogP) is 8.67. The molecular weight excluding hydrogens is 375 g/mol. The van der Waals surface area contributed by atoms with Crippen LogP contribution in [0.25, 0.3) is 0 Å². The van der Waals surface area contributed by atoms with Crippen molar-refractivity contribution >= 4 is 18.2 Å². The Kier molecular flexibility index (Phi) is 21.1. The van der Waals surface area contributed by atoms with Crippen LogP contribution < -0.4 is 0 Å². The van der Waals surface area contributed by atoms with Crippen molar-refractivity contribution in [2.24, 2.45) is 0 Å². The van der Waals surface area contributed by atoms with Crippen molar-refractivity contribution in [1.82, 2.24) is 0 Å². The third kappa shape index (κ3) is 22.4. The van der Waals surface area contributed by atoms with Gasteiger partial charge >= 0.3 is 6.80 Å². The first kappa shape index (κ1) is 27.2. The maximum Gasteiger partial charge on any atom is 0.386 e. The molecule has 0 saturated heterocycles. The van der Waals surface area contributed by atoms with E-state index in [0.29, 0.717) is 12.4 Å². The zero-order valence-corrected chi connectivity index (χ0v) is 19.7. The molecule has 0 heterocycles. The van der Waals surface area contributed by atoms with Gasteiger partial charge in [0.25, 0.3) is 0 Å². The molecule has 0 aromatic carbocycles. The van der Waals surface area contributed by atoms with Crippen molar-refractivity contribution < 1.29 is 14.0 Å². The molecule has 162 valence electrons. The Morgan fingerprint density at radius 1 is 0.741 bits per heavy atom. The van der Waals surface area contributed by atoms with Crippen molar-refractivity contribution in [3.8, 4) is 0 Å². The normalized spacial score (nSPS) is 14.0.